The molecule has 3 rings (SSSR count). The molecule has 1 heterocycles. The molecule has 1 aliphatic rings. The summed E-state index contributed by atoms with van der Waals surface area (Å²) in [6.07, 6.45) is 2.67. The van der Waals surface area contributed by atoms with Crippen LogP contribution in [0.2, 0.25) is 0 Å². The molecule has 26 heavy (non-hydrogen) atoms. The fraction of sp³-hybridized carbons (Fsp3) is 0.368. The van der Waals surface area contributed by atoms with E-state index in [1.807, 2.05) is 25.1 Å². The minimum absolute atomic E-state index is 0.0614. The van der Waals surface area contributed by atoms with E-state index in [0.717, 1.165) is 30.2 Å². The highest BCUT2D eigenvalue weighted by molar-refractivity contribution is 7.93. The van der Waals surface area contributed by atoms with E-state index in [-0.39, 0.29) is 15.4 Å². The topological polar surface area (TPSA) is 71.5 Å². The van der Waals surface area contributed by atoms with E-state index in [1.54, 1.807) is 19.9 Å². The lowest BCUT2D eigenvalue weighted by Gasteiger charge is -2.31. The van der Waals surface area contributed by atoms with Gasteiger partial charge in [-0.2, -0.15) is 0 Å². The van der Waals surface area contributed by atoms with Crippen LogP contribution in [0.5, 0.6) is 0 Å². The van der Waals surface area contributed by atoms with Gasteiger partial charge in [0.1, 0.15) is 0 Å². The summed E-state index contributed by atoms with van der Waals surface area (Å²) in [6, 6.07) is 8.84. The van der Waals surface area contributed by atoms with E-state index in [0.29, 0.717) is 17.8 Å². The van der Waals surface area contributed by atoms with E-state index in [1.165, 1.54) is 10.4 Å². The summed E-state index contributed by atoms with van der Waals surface area (Å²) in [5.74, 6) is 0. The van der Waals surface area contributed by atoms with Crippen LogP contribution in [-0.4, -0.2) is 29.6 Å². The van der Waals surface area contributed by atoms with Crippen LogP contribution in [0.15, 0.2) is 40.1 Å². The largest absolute Gasteiger partial charge is 0.266 e. The van der Waals surface area contributed by atoms with Crippen LogP contribution in [0.4, 0.5) is 5.69 Å². The van der Waals surface area contributed by atoms with Crippen LogP contribution in [0.1, 0.15) is 28.7 Å². The van der Waals surface area contributed by atoms with Gasteiger partial charge in [-0.15, -0.1) is 0 Å². The first kappa shape index (κ1) is 18.9. The van der Waals surface area contributed by atoms with Gasteiger partial charge in [-0.05, 0) is 68.5 Å². The quantitative estimate of drug-likeness (QED) is 0.803. The molecule has 140 valence electrons. The van der Waals surface area contributed by atoms with Crippen molar-refractivity contribution in [1.82, 2.24) is 0 Å². The zero-order chi connectivity index (χ0) is 19.3. The summed E-state index contributed by atoms with van der Waals surface area (Å²) in [5.41, 5.74) is 3.67. The van der Waals surface area contributed by atoms with Gasteiger partial charge in [-0.25, -0.2) is 16.8 Å². The normalized spacial score (nSPS) is 15.0. The molecule has 5 nitrogen and oxygen atoms in total. The third-order valence-corrected chi connectivity index (χ3v) is 7.90. The highest BCUT2D eigenvalue weighted by Gasteiger charge is 2.32. The van der Waals surface area contributed by atoms with Crippen molar-refractivity contribution in [3.8, 4) is 0 Å². The lowest BCUT2D eigenvalue weighted by Crippen LogP contribution is -2.36. The number of hydrogen-bond donors (Lipinski definition) is 0. The van der Waals surface area contributed by atoms with Gasteiger partial charge in [-0.3, -0.25) is 4.31 Å². The van der Waals surface area contributed by atoms with E-state index < -0.39 is 19.9 Å². The van der Waals surface area contributed by atoms with E-state index in [4.69, 9.17) is 0 Å². The number of anilines is 1. The summed E-state index contributed by atoms with van der Waals surface area (Å²) in [7, 11) is -7.37. The molecule has 0 atom stereocenters. The fourth-order valence-corrected chi connectivity index (χ4v) is 6.51. The van der Waals surface area contributed by atoms with Crippen molar-refractivity contribution >= 4 is 25.5 Å². The van der Waals surface area contributed by atoms with Crippen molar-refractivity contribution in [3.63, 3.8) is 0 Å². The molecule has 2 aromatic rings. The summed E-state index contributed by atoms with van der Waals surface area (Å²) < 4.78 is 52.4. The number of sulfonamides is 1. The zero-order valence-corrected chi connectivity index (χ0v) is 17.0. The van der Waals surface area contributed by atoms with Crippen LogP contribution >= 0.6 is 0 Å². The molecule has 1 aliphatic heterocycles. The number of nitrogens with zero attached hydrogens (tertiary/aromatic N) is 1. The van der Waals surface area contributed by atoms with Gasteiger partial charge in [-0.1, -0.05) is 17.7 Å². The standard InChI is InChI=1S/C19H23NO4S2/c1-13-7-8-17-16(10-13)6-5-9-20(17)26(23,24)19-12-14(2)11-18(15(19)3)25(4,21)22/h7-8,10-12H,5-6,9H2,1-4H3. The predicted octanol–water partition coefficient (Wildman–Crippen LogP) is 3.16. The molecule has 0 N–H and O–H groups in total. The minimum Gasteiger partial charge on any atom is -0.266 e. The Morgan fingerprint density at radius 2 is 1.54 bits per heavy atom. The lowest BCUT2D eigenvalue weighted by molar-refractivity contribution is 0.585. The SMILES string of the molecule is Cc1ccc2c(c1)CCCN2S(=O)(=O)c1cc(C)cc(S(C)(=O)=O)c1C. The summed E-state index contributed by atoms with van der Waals surface area (Å²) in [5, 5.41) is 0. The maximum Gasteiger partial charge on any atom is 0.264 e. The van der Waals surface area contributed by atoms with Gasteiger partial charge in [0.05, 0.1) is 15.5 Å². The summed E-state index contributed by atoms with van der Waals surface area (Å²) >= 11 is 0. The lowest BCUT2D eigenvalue weighted by atomic mass is 10.0. The maximum absolute atomic E-state index is 13.4. The van der Waals surface area contributed by atoms with Crippen LogP contribution in [-0.2, 0) is 26.3 Å². The third kappa shape index (κ3) is 3.25. The molecular formula is C19H23NO4S2. The van der Waals surface area contributed by atoms with E-state index >= 15 is 0 Å². The first-order valence-corrected chi connectivity index (χ1v) is 11.8. The van der Waals surface area contributed by atoms with Gasteiger partial charge >= 0.3 is 0 Å². The number of rotatable bonds is 3. The number of fused-ring (bicyclic) bond motifs is 1. The molecule has 0 radical (unpaired) electrons. The second kappa shape index (κ2) is 6.39. The van der Waals surface area contributed by atoms with Gasteiger partial charge in [0.15, 0.2) is 9.84 Å². The van der Waals surface area contributed by atoms with Gasteiger partial charge in [0.25, 0.3) is 10.0 Å². The van der Waals surface area contributed by atoms with Crippen molar-refractivity contribution < 1.29 is 16.8 Å². The molecule has 0 fully saturated rings. The van der Waals surface area contributed by atoms with Crippen molar-refractivity contribution in [2.24, 2.45) is 0 Å². The molecule has 7 heteroatoms. The number of hydrogen-bond acceptors (Lipinski definition) is 4. The molecule has 0 unspecified atom stereocenters. The molecule has 0 spiro atoms. The van der Waals surface area contributed by atoms with Crippen molar-refractivity contribution in [2.75, 3.05) is 17.1 Å². The van der Waals surface area contributed by atoms with Crippen molar-refractivity contribution in [1.29, 1.82) is 0 Å². The predicted molar refractivity (Wildman–Crippen MR) is 103 cm³/mol. The average molecular weight is 394 g/mol. The van der Waals surface area contributed by atoms with E-state index in [9.17, 15) is 16.8 Å². The van der Waals surface area contributed by atoms with Gasteiger partial charge < -0.3 is 0 Å². The van der Waals surface area contributed by atoms with Crippen molar-refractivity contribution in [2.45, 2.75) is 43.4 Å². The molecular weight excluding hydrogens is 370 g/mol. The molecule has 0 bridgehead atoms. The van der Waals surface area contributed by atoms with Gasteiger partial charge in [0, 0.05) is 12.8 Å². The number of aryl methyl sites for hydroxylation is 3. The van der Waals surface area contributed by atoms with E-state index in [2.05, 4.69) is 0 Å². The minimum atomic E-state index is -3.86. The Balaban J connectivity index is 2.22. The smallest absolute Gasteiger partial charge is 0.264 e. The molecule has 2 aromatic carbocycles. The second-order valence-corrected chi connectivity index (χ2v) is 10.8. The van der Waals surface area contributed by atoms with Crippen LogP contribution in [0, 0.1) is 20.8 Å². The Bertz CT molecular complexity index is 1090. The first-order valence-electron chi connectivity index (χ1n) is 8.45. The third-order valence-electron chi connectivity index (χ3n) is 4.74. The number of benzene rings is 2. The summed E-state index contributed by atoms with van der Waals surface area (Å²) in [4.78, 5) is 0.128. The maximum atomic E-state index is 13.4. The second-order valence-electron chi connectivity index (χ2n) is 6.97. The Labute approximate surface area is 155 Å². The Kier molecular flexibility index (Phi) is 4.65. The highest BCUT2D eigenvalue weighted by Crippen LogP contribution is 2.35. The van der Waals surface area contributed by atoms with Gasteiger partial charge in [0.2, 0.25) is 0 Å². The fourth-order valence-electron chi connectivity index (χ4n) is 3.51. The monoisotopic (exact) mass is 393 g/mol. The molecule has 0 aromatic heterocycles. The molecule has 0 saturated carbocycles. The Morgan fingerprint density at radius 3 is 2.19 bits per heavy atom. The zero-order valence-electron chi connectivity index (χ0n) is 15.4. The van der Waals surface area contributed by atoms with Crippen LogP contribution < -0.4 is 4.31 Å². The average Bonchev–Trinajstić information content (AvgIpc) is 2.54. The molecule has 0 amide bonds. The van der Waals surface area contributed by atoms with Crippen molar-refractivity contribution in [3.05, 3.63) is 52.6 Å². The Morgan fingerprint density at radius 1 is 0.885 bits per heavy atom. The van der Waals surface area contributed by atoms with Crippen LogP contribution in [0.25, 0.3) is 0 Å². The Hall–Kier alpha value is -1.86. The highest BCUT2D eigenvalue weighted by atomic mass is 32.2. The molecule has 0 aliphatic carbocycles. The summed E-state index contributed by atoms with van der Waals surface area (Å²) in [6.45, 7) is 5.64. The van der Waals surface area contributed by atoms with Crippen LogP contribution in [0.3, 0.4) is 0 Å². The molecule has 0 saturated heterocycles. The number of sulfone groups is 1. The first-order chi connectivity index (χ1) is 12.0.